The van der Waals surface area contributed by atoms with Gasteiger partial charge < -0.3 is 5.11 Å². The monoisotopic (exact) mass is 316 g/mol. The lowest BCUT2D eigenvalue weighted by Crippen LogP contribution is -2.04. The van der Waals surface area contributed by atoms with Gasteiger partial charge >= 0.3 is 0 Å². The van der Waals surface area contributed by atoms with E-state index in [4.69, 9.17) is 9.90 Å². The van der Waals surface area contributed by atoms with Crippen LogP contribution in [0.2, 0.25) is 0 Å². The molecular formula is C18H21O3P. The van der Waals surface area contributed by atoms with Gasteiger partial charge in [-0.1, -0.05) is 48.0 Å². The molecule has 0 aliphatic rings. The number of hydrogen-bond donors (Lipinski definition) is 1. The van der Waals surface area contributed by atoms with Crippen LogP contribution in [0.3, 0.4) is 0 Å². The predicted molar refractivity (Wildman–Crippen MR) is 92.7 cm³/mol. The topological polar surface area (TPSA) is 54.4 Å². The first-order chi connectivity index (χ1) is 10.3. The van der Waals surface area contributed by atoms with E-state index in [9.17, 15) is 4.79 Å². The average Bonchev–Trinajstić information content (AvgIpc) is 2.37. The first kappa shape index (κ1) is 18.1. The molecule has 1 N–H and O–H groups in total. The number of carboxylic acids is 1. The van der Waals surface area contributed by atoms with E-state index in [2.05, 4.69) is 19.1 Å². The Labute approximate surface area is 133 Å². The molecule has 22 heavy (non-hydrogen) atoms. The minimum absolute atomic E-state index is 0.206. The zero-order valence-corrected chi connectivity index (χ0v) is 14.3. The Kier molecular flexibility index (Phi) is 6.94. The smallest absolute Gasteiger partial charge is 0.300 e. The van der Waals surface area contributed by atoms with Gasteiger partial charge in [-0.3, -0.25) is 9.59 Å². The molecule has 0 aliphatic heterocycles. The first-order valence-electron chi connectivity index (χ1n) is 6.95. The number of aliphatic carboxylic acids is 1. The van der Waals surface area contributed by atoms with Crippen molar-refractivity contribution in [3.05, 3.63) is 64.7 Å². The van der Waals surface area contributed by atoms with Crippen LogP contribution in [0.5, 0.6) is 0 Å². The van der Waals surface area contributed by atoms with Crippen LogP contribution in [0.1, 0.15) is 34.0 Å². The van der Waals surface area contributed by atoms with Gasteiger partial charge in [0.15, 0.2) is 5.52 Å². The van der Waals surface area contributed by atoms with E-state index < -0.39 is 5.97 Å². The Balaban J connectivity index is 0.000000541. The summed E-state index contributed by atoms with van der Waals surface area (Å²) in [5.74, 6) is -0.833. The number of benzene rings is 2. The van der Waals surface area contributed by atoms with Crippen LogP contribution in [-0.2, 0) is 4.79 Å². The molecule has 0 spiro atoms. The highest BCUT2D eigenvalue weighted by atomic mass is 31.1. The highest BCUT2D eigenvalue weighted by Gasteiger charge is 2.13. The van der Waals surface area contributed by atoms with E-state index in [0.717, 1.165) is 28.9 Å². The Hall–Kier alpha value is -1.99. The molecular weight excluding hydrogens is 295 g/mol. The number of carbonyl (C=O) groups excluding carboxylic acids is 1. The Morgan fingerprint density at radius 3 is 1.86 bits per heavy atom. The molecule has 2 aromatic rings. The molecule has 116 valence electrons. The fraction of sp³-hybridized carbons (Fsp3) is 0.222. The summed E-state index contributed by atoms with van der Waals surface area (Å²) in [6.45, 7) is 7.18. The lowest BCUT2D eigenvalue weighted by atomic mass is 10.0. The summed E-state index contributed by atoms with van der Waals surface area (Å²) in [4.78, 5) is 21.4. The highest BCUT2D eigenvalue weighted by molar-refractivity contribution is 7.66. The molecule has 0 aliphatic carbocycles. The second-order valence-corrected chi connectivity index (χ2v) is 6.39. The molecule has 0 saturated heterocycles. The first-order valence-corrected chi connectivity index (χ1v) is 7.95. The molecule has 0 aromatic heterocycles. The Morgan fingerprint density at radius 1 is 0.955 bits per heavy atom. The van der Waals surface area contributed by atoms with Crippen LogP contribution in [0.25, 0.3) is 0 Å². The third-order valence-corrected chi connectivity index (χ3v) is 4.03. The number of carbonyl (C=O) groups is 2. The summed E-state index contributed by atoms with van der Waals surface area (Å²) in [6.07, 6.45) is 0. The van der Waals surface area contributed by atoms with E-state index >= 15 is 0 Å². The van der Waals surface area contributed by atoms with Crippen molar-refractivity contribution in [2.75, 3.05) is 0 Å². The van der Waals surface area contributed by atoms with Gasteiger partial charge in [0, 0.05) is 12.5 Å². The van der Waals surface area contributed by atoms with Gasteiger partial charge in [-0.05, 0) is 45.8 Å². The van der Waals surface area contributed by atoms with Gasteiger partial charge in [-0.25, -0.2) is 0 Å². The third-order valence-electron chi connectivity index (χ3n) is 2.94. The molecule has 2 rings (SSSR count). The molecule has 0 radical (unpaired) electrons. The summed E-state index contributed by atoms with van der Waals surface area (Å²) in [6, 6.07) is 14.1. The number of carboxylic acid groups (broad SMARTS) is 1. The van der Waals surface area contributed by atoms with Crippen molar-refractivity contribution in [2.45, 2.75) is 27.7 Å². The Morgan fingerprint density at radius 2 is 1.41 bits per heavy atom. The third kappa shape index (κ3) is 5.79. The summed E-state index contributed by atoms with van der Waals surface area (Å²) in [7, 11) is 0.206. The van der Waals surface area contributed by atoms with Crippen molar-refractivity contribution in [2.24, 2.45) is 0 Å². The minimum atomic E-state index is -0.833. The standard InChI is InChI=1S/C16H17OP.C2H4O2/c1-11-9-12(2)15(13(3)10-11)16(17)18-14-7-5-4-6-8-14;1-2(3)4/h4-10,18H,1-3H3;1H3,(H,3,4). The molecule has 3 nitrogen and oxygen atoms in total. The molecule has 2 aromatic carbocycles. The maximum absolute atomic E-state index is 12.4. The van der Waals surface area contributed by atoms with Crippen LogP contribution in [0, 0.1) is 20.8 Å². The molecule has 0 fully saturated rings. The summed E-state index contributed by atoms with van der Waals surface area (Å²) >= 11 is 0. The number of hydrogen-bond acceptors (Lipinski definition) is 2. The number of aryl methyl sites for hydroxylation is 3. The fourth-order valence-corrected chi connectivity index (χ4v) is 3.39. The van der Waals surface area contributed by atoms with Gasteiger partial charge in [-0.15, -0.1) is 0 Å². The lowest BCUT2D eigenvalue weighted by molar-refractivity contribution is -0.134. The maximum Gasteiger partial charge on any atom is 0.300 e. The molecule has 0 bridgehead atoms. The van der Waals surface area contributed by atoms with Crippen molar-refractivity contribution < 1.29 is 14.7 Å². The average molecular weight is 316 g/mol. The highest BCUT2D eigenvalue weighted by Crippen LogP contribution is 2.25. The summed E-state index contributed by atoms with van der Waals surface area (Å²) in [5, 5.41) is 8.52. The normalized spacial score (nSPS) is 10.2. The van der Waals surface area contributed by atoms with Crippen molar-refractivity contribution >= 4 is 25.4 Å². The van der Waals surface area contributed by atoms with Crippen LogP contribution < -0.4 is 5.30 Å². The van der Waals surface area contributed by atoms with Crippen molar-refractivity contribution in [3.63, 3.8) is 0 Å². The van der Waals surface area contributed by atoms with Gasteiger partial charge in [0.25, 0.3) is 5.97 Å². The van der Waals surface area contributed by atoms with Crippen LogP contribution >= 0.6 is 8.58 Å². The summed E-state index contributed by atoms with van der Waals surface area (Å²) in [5.41, 5.74) is 4.51. The quantitative estimate of drug-likeness (QED) is 0.875. The second-order valence-electron chi connectivity index (χ2n) is 5.11. The van der Waals surface area contributed by atoms with E-state index in [1.54, 1.807) is 0 Å². The van der Waals surface area contributed by atoms with Crippen LogP contribution in [0.4, 0.5) is 0 Å². The lowest BCUT2D eigenvalue weighted by Gasteiger charge is -2.10. The minimum Gasteiger partial charge on any atom is -0.481 e. The maximum atomic E-state index is 12.4. The van der Waals surface area contributed by atoms with E-state index in [0.29, 0.717) is 0 Å². The van der Waals surface area contributed by atoms with E-state index in [1.807, 2.05) is 44.2 Å². The molecule has 1 unspecified atom stereocenters. The predicted octanol–water partition coefficient (Wildman–Crippen LogP) is 3.85. The largest absolute Gasteiger partial charge is 0.481 e. The van der Waals surface area contributed by atoms with Crippen molar-refractivity contribution in [1.29, 1.82) is 0 Å². The zero-order valence-electron chi connectivity index (χ0n) is 13.3. The van der Waals surface area contributed by atoms with Gasteiger partial charge in [0.2, 0.25) is 0 Å². The molecule has 0 amide bonds. The van der Waals surface area contributed by atoms with Crippen LogP contribution in [-0.4, -0.2) is 16.6 Å². The fourth-order valence-electron chi connectivity index (χ4n) is 2.25. The zero-order chi connectivity index (χ0) is 16.7. The molecule has 0 saturated carbocycles. The Bertz CT molecular complexity index is 636. The number of rotatable bonds is 3. The molecule has 4 heteroatoms. The van der Waals surface area contributed by atoms with Gasteiger partial charge in [-0.2, -0.15) is 0 Å². The SMILES string of the molecule is CC(=O)O.Cc1cc(C)c(C(=O)Pc2ccccc2)c(C)c1. The van der Waals surface area contributed by atoms with Crippen molar-refractivity contribution in [1.82, 2.24) is 0 Å². The van der Waals surface area contributed by atoms with Crippen molar-refractivity contribution in [3.8, 4) is 0 Å². The van der Waals surface area contributed by atoms with Gasteiger partial charge in [0.1, 0.15) is 0 Å². The molecule has 0 heterocycles. The summed E-state index contributed by atoms with van der Waals surface area (Å²) < 4.78 is 0. The second kappa shape index (κ2) is 8.45. The molecule has 1 atom stereocenters. The van der Waals surface area contributed by atoms with Gasteiger partial charge in [0.05, 0.1) is 0 Å². The van der Waals surface area contributed by atoms with E-state index in [1.165, 1.54) is 5.56 Å². The van der Waals surface area contributed by atoms with Crippen LogP contribution in [0.15, 0.2) is 42.5 Å². The van der Waals surface area contributed by atoms with E-state index in [-0.39, 0.29) is 14.1 Å².